The Morgan fingerprint density at radius 3 is 2.41 bits per heavy atom. The van der Waals surface area contributed by atoms with Crippen LogP contribution >= 0.6 is 0 Å². The SMILES string of the molecule is CC(C)(C)O.Cc1cc(F)c2c(c1)OC/C=C/COC1(C)CCN(CC1)c1c(CC(=O)O)c(C)nc3cc(nn13)-c1cccc-2c1. The number of hydrogen-bond acceptors (Lipinski definition) is 7. The van der Waals surface area contributed by atoms with Crippen LogP contribution in [0.1, 0.15) is 57.4 Å². The Bertz CT molecular complexity index is 1760. The predicted octanol–water partition coefficient (Wildman–Crippen LogP) is 6.55. The van der Waals surface area contributed by atoms with Gasteiger partial charge in [0.15, 0.2) is 5.65 Å². The number of aromatic nitrogens is 3. The Labute approximate surface area is 269 Å². The molecule has 2 aromatic carbocycles. The standard InChI is InChI=1S/C32H33FN4O4.C4H10O/c1-20-15-25(33)30-23-8-6-7-22(17-23)26-19-28-34-21(2)24(18-29(38)39)31(37(28)35-26)36-11-9-32(3,10-12-36)41-14-5-4-13-40-27(30)16-20;1-4(2,3)5/h4-8,15-17,19H,9-14,18H2,1-3H3,(H,38,39);5H,1-3H3/b5-4+;. The number of fused-ring (bicyclic) bond motifs is 6. The van der Waals surface area contributed by atoms with E-state index >= 15 is 4.39 Å². The number of hydrogen-bond donors (Lipinski definition) is 2. The van der Waals surface area contributed by atoms with Crippen molar-refractivity contribution in [3.63, 3.8) is 0 Å². The zero-order valence-corrected chi connectivity index (χ0v) is 27.4. The van der Waals surface area contributed by atoms with Gasteiger partial charge in [0.2, 0.25) is 0 Å². The van der Waals surface area contributed by atoms with Crippen molar-refractivity contribution in [1.82, 2.24) is 14.6 Å². The molecule has 0 amide bonds. The van der Waals surface area contributed by atoms with Crippen LogP contribution in [0.15, 0.2) is 54.6 Å². The molecule has 9 nitrogen and oxygen atoms in total. The lowest BCUT2D eigenvalue weighted by atomic mass is 9.93. The average Bonchev–Trinajstić information content (AvgIpc) is 3.38. The molecular formula is C36H43FN4O5. The fourth-order valence-corrected chi connectivity index (χ4v) is 5.76. The molecule has 0 atom stereocenters. The topological polar surface area (TPSA) is 109 Å². The lowest BCUT2D eigenvalue weighted by molar-refractivity contribution is -0.136. The van der Waals surface area contributed by atoms with Crippen molar-refractivity contribution >= 4 is 17.4 Å². The number of halogens is 1. The first kappa shape index (κ1) is 33.1. The number of ether oxygens (including phenoxy) is 2. The summed E-state index contributed by atoms with van der Waals surface area (Å²) in [5.41, 5.74) is 4.40. The van der Waals surface area contributed by atoms with Crippen molar-refractivity contribution in [1.29, 1.82) is 0 Å². The van der Waals surface area contributed by atoms with Gasteiger partial charge in [-0.15, -0.1) is 0 Å². The molecule has 2 aromatic heterocycles. The third-order valence-corrected chi connectivity index (χ3v) is 8.00. The summed E-state index contributed by atoms with van der Waals surface area (Å²) in [6.07, 6.45) is 5.22. The number of carboxylic acids is 1. The van der Waals surface area contributed by atoms with E-state index in [2.05, 4.69) is 11.8 Å². The molecule has 4 aromatic rings. The Hall–Kier alpha value is -4.28. The van der Waals surface area contributed by atoms with E-state index in [1.165, 1.54) is 6.07 Å². The van der Waals surface area contributed by atoms with Crippen LogP contribution in [0.3, 0.4) is 0 Å². The quantitative estimate of drug-likeness (QED) is 0.240. The number of carboxylic acid groups (broad SMARTS) is 1. The molecule has 7 rings (SSSR count). The second-order valence-corrected chi connectivity index (χ2v) is 13.3. The van der Waals surface area contributed by atoms with E-state index in [4.69, 9.17) is 24.7 Å². The lowest BCUT2D eigenvalue weighted by Gasteiger charge is -2.40. The molecule has 5 heterocycles. The molecule has 2 N–H and O–H groups in total. The van der Waals surface area contributed by atoms with Gasteiger partial charge in [0.25, 0.3) is 0 Å². The van der Waals surface area contributed by atoms with Gasteiger partial charge in [-0.3, -0.25) is 4.79 Å². The summed E-state index contributed by atoms with van der Waals surface area (Å²) in [6.45, 7) is 13.1. The first-order valence-corrected chi connectivity index (χ1v) is 15.6. The van der Waals surface area contributed by atoms with Gasteiger partial charge in [0.1, 0.15) is 24.0 Å². The van der Waals surface area contributed by atoms with Gasteiger partial charge in [-0.05, 0) is 89.8 Å². The van der Waals surface area contributed by atoms with E-state index in [0.717, 1.165) is 29.8 Å². The number of carbonyl (C=O) groups is 1. The summed E-state index contributed by atoms with van der Waals surface area (Å²) in [6, 6.07) is 12.8. The number of benzene rings is 2. The van der Waals surface area contributed by atoms with Crippen LogP contribution in [0.2, 0.25) is 0 Å². The summed E-state index contributed by atoms with van der Waals surface area (Å²) in [5.74, 6) is -0.0661. The second kappa shape index (κ2) is 13.2. The van der Waals surface area contributed by atoms with Crippen LogP contribution in [0.25, 0.3) is 28.0 Å². The summed E-state index contributed by atoms with van der Waals surface area (Å²) < 4.78 is 29.5. The van der Waals surface area contributed by atoms with Crippen molar-refractivity contribution < 1.29 is 28.9 Å². The number of aliphatic carboxylic acids is 1. The predicted molar refractivity (Wildman–Crippen MR) is 177 cm³/mol. The minimum absolute atomic E-state index is 0.153. The van der Waals surface area contributed by atoms with Crippen molar-refractivity contribution in [3.05, 3.63) is 77.3 Å². The van der Waals surface area contributed by atoms with Gasteiger partial charge in [-0.1, -0.05) is 24.3 Å². The van der Waals surface area contributed by atoms with Gasteiger partial charge in [0, 0.05) is 36.0 Å². The monoisotopic (exact) mass is 630 g/mol. The molecule has 10 heteroatoms. The Balaban J connectivity index is 0.000000775. The van der Waals surface area contributed by atoms with E-state index in [-0.39, 0.29) is 24.4 Å². The maximum Gasteiger partial charge on any atom is 0.308 e. The number of aliphatic hydroxyl groups is 1. The van der Waals surface area contributed by atoms with Gasteiger partial charge < -0.3 is 24.6 Å². The highest BCUT2D eigenvalue weighted by atomic mass is 19.1. The molecule has 1 fully saturated rings. The van der Waals surface area contributed by atoms with E-state index < -0.39 is 11.6 Å². The van der Waals surface area contributed by atoms with Crippen LogP contribution in [-0.4, -0.2) is 68.3 Å². The minimum Gasteiger partial charge on any atom is -0.489 e. The van der Waals surface area contributed by atoms with Crippen LogP contribution in [0, 0.1) is 19.7 Å². The highest BCUT2D eigenvalue weighted by Gasteiger charge is 2.33. The van der Waals surface area contributed by atoms with E-state index in [1.54, 1.807) is 25.3 Å². The summed E-state index contributed by atoms with van der Waals surface area (Å²) >= 11 is 0. The average molecular weight is 631 g/mol. The number of aryl methyl sites for hydroxylation is 2. The molecule has 6 bridgehead atoms. The van der Waals surface area contributed by atoms with Crippen LogP contribution < -0.4 is 9.64 Å². The first-order valence-electron chi connectivity index (χ1n) is 15.6. The minimum atomic E-state index is -0.920. The third-order valence-electron chi connectivity index (χ3n) is 8.00. The van der Waals surface area contributed by atoms with Crippen molar-refractivity contribution in [2.45, 2.75) is 72.0 Å². The van der Waals surface area contributed by atoms with Crippen LogP contribution in [0.4, 0.5) is 10.2 Å². The normalized spacial score (nSPS) is 16.8. The zero-order valence-electron chi connectivity index (χ0n) is 27.4. The van der Waals surface area contributed by atoms with Crippen molar-refractivity contribution in [3.8, 4) is 28.1 Å². The molecular weight excluding hydrogens is 587 g/mol. The second-order valence-electron chi connectivity index (χ2n) is 13.3. The molecule has 0 unspecified atom stereocenters. The molecule has 244 valence electrons. The number of piperidine rings is 1. The van der Waals surface area contributed by atoms with Gasteiger partial charge in [-0.2, -0.15) is 9.61 Å². The highest BCUT2D eigenvalue weighted by Crippen LogP contribution is 2.37. The molecule has 0 spiro atoms. The molecule has 46 heavy (non-hydrogen) atoms. The fraction of sp³-hybridized carbons (Fsp3) is 0.417. The number of rotatable bonds is 2. The smallest absolute Gasteiger partial charge is 0.308 e. The molecule has 0 radical (unpaired) electrons. The molecule has 3 aliphatic rings. The number of anilines is 1. The van der Waals surface area contributed by atoms with E-state index in [0.29, 0.717) is 59.2 Å². The first-order chi connectivity index (χ1) is 21.7. The Morgan fingerprint density at radius 1 is 1.04 bits per heavy atom. The fourth-order valence-electron chi connectivity index (χ4n) is 5.76. The maximum atomic E-state index is 15.4. The van der Waals surface area contributed by atoms with Crippen molar-refractivity contribution in [2.24, 2.45) is 0 Å². The largest absolute Gasteiger partial charge is 0.489 e. The van der Waals surface area contributed by atoms with E-state index in [9.17, 15) is 9.90 Å². The summed E-state index contributed by atoms with van der Waals surface area (Å²) in [7, 11) is 0. The summed E-state index contributed by atoms with van der Waals surface area (Å²) in [5, 5.41) is 23.2. The molecule has 0 aliphatic carbocycles. The molecule has 3 aliphatic heterocycles. The molecule has 0 saturated carbocycles. The zero-order chi connectivity index (χ0) is 33.2. The van der Waals surface area contributed by atoms with E-state index in [1.807, 2.05) is 62.4 Å². The van der Waals surface area contributed by atoms with Crippen LogP contribution in [-0.2, 0) is 16.0 Å². The lowest BCUT2D eigenvalue weighted by Crippen LogP contribution is -2.45. The van der Waals surface area contributed by atoms with Gasteiger partial charge >= 0.3 is 5.97 Å². The molecule has 1 saturated heterocycles. The Kier molecular flexibility index (Phi) is 9.51. The highest BCUT2D eigenvalue weighted by molar-refractivity contribution is 5.78. The van der Waals surface area contributed by atoms with Gasteiger partial charge in [-0.25, -0.2) is 9.37 Å². The third kappa shape index (κ3) is 7.74. The van der Waals surface area contributed by atoms with Crippen molar-refractivity contribution in [2.75, 3.05) is 31.2 Å². The maximum absolute atomic E-state index is 15.4. The summed E-state index contributed by atoms with van der Waals surface area (Å²) in [4.78, 5) is 18.8. The van der Waals surface area contributed by atoms with Gasteiger partial charge in [0.05, 0.1) is 35.5 Å². The Morgan fingerprint density at radius 2 is 1.72 bits per heavy atom. The van der Waals surface area contributed by atoms with Crippen LogP contribution in [0.5, 0.6) is 5.75 Å². The number of nitrogens with zero attached hydrogens (tertiary/aromatic N) is 4.